The molecule has 0 aromatic rings. The smallest absolute Gasteiger partial charge is 0.245 e. The number of rotatable bonds is 4. The molecule has 2 aliphatic heterocycles. The van der Waals surface area contributed by atoms with Gasteiger partial charge in [0.15, 0.2) is 0 Å². The largest absolute Gasteiger partial charge is 0.345 e. The van der Waals surface area contributed by atoms with Crippen molar-refractivity contribution in [1.82, 2.24) is 36.8 Å². The van der Waals surface area contributed by atoms with E-state index in [-0.39, 0.29) is 17.8 Å². The Morgan fingerprint density at radius 3 is 1.79 bits per heavy atom. The Morgan fingerprint density at radius 1 is 0.690 bits per heavy atom. The molecule has 0 aliphatic carbocycles. The molecule has 42 heavy (non-hydrogen) atoms. The summed E-state index contributed by atoms with van der Waals surface area (Å²) in [7, 11) is 0. The zero-order valence-corrected chi connectivity index (χ0v) is 25.7. The fraction of sp³-hybridized carbons (Fsp3) is 0.750. The van der Waals surface area contributed by atoms with Gasteiger partial charge in [-0.2, -0.15) is 0 Å². The van der Waals surface area contributed by atoms with E-state index < -0.39 is 84.6 Å². The van der Waals surface area contributed by atoms with E-state index in [1.54, 1.807) is 27.7 Å². The van der Waals surface area contributed by atoms with Gasteiger partial charge in [0, 0.05) is 6.54 Å². The second-order valence-corrected chi connectivity index (χ2v) is 12.1. The molecule has 2 rings (SSSR count). The van der Waals surface area contributed by atoms with Crippen molar-refractivity contribution < 1.29 is 33.6 Å². The van der Waals surface area contributed by atoms with E-state index in [4.69, 9.17) is 0 Å². The van der Waals surface area contributed by atoms with Crippen LogP contribution in [0.25, 0.3) is 0 Å². The van der Waals surface area contributed by atoms with Gasteiger partial charge in [0.25, 0.3) is 0 Å². The van der Waals surface area contributed by atoms with Crippen molar-refractivity contribution in [2.75, 3.05) is 19.6 Å². The van der Waals surface area contributed by atoms with E-state index in [9.17, 15) is 33.6 Å². The lowest BCUT2D eigenvalue weighted by molar-refractivity contribution is -0.142. The van der Waals surface area contributed by atoms with Gasteiger partial charge in [-0.25, -0.2) is 0 Å². The Labute approximate surface area is 247 Å². The Bertz CT molecular complexity index is 1050. The van der Waals surface area contributed by atoms with Crippen LogP contribution in [0, 0.1) is 17.8 Å². The number of nitrogens with zero attached hydrogens (tertiary/aromatic N) is 1. The number of carbonyl (C=O) groups excluding carboxylic acids is 7. The zero-order valence-electron chi connectivity index (χ0n) is 25.7. The fourth-order valence-electron chi connectivity index (χ4n) is 4.96. The van der Waals surface area contributed by atoms with Gasteiger partial charge in [0.1, 0.15) is 30.2 Å². The summed E-state index contributed by atoms with van der Waals surface area (Å²) in [6.45, 7) is 11.6. The molecule has 0 spiro atoms. The number of fused-ring (bicyclic) bond motifs is 1. The van der Waals surface area contributed by atoms with E-state index in [1.165, 1.54) is 11.8 Å². The van der Waals surface area contributed by atoms with Gasteiger partial charge in [-0.1, -0.05) is 41.5 Å². The van der Waals surface area contributed by atoms with Crippen LogP contribution in [-0.2, 0) is 33.6 Å². The first-order valence-corrected chi connectivity index (χ1v) is 14.7. The third-order valence-electron chi connectivity index (χ3n) is 7.29. The third kappa shape index (κ3) is 9.69. The summed E-state index contributed by atoms with van der Waals surface area (Å²) in [5.74, 6) is -4.67. The van der Waals surface area contributed by atoms with Gasteiger partial charge < -0.3 is 36.8 Å². The normalized spacial score (nSPS) is 27.9. The first kappa shape index (κ1) is 34.5. The van der Waals surface area contributed by atoms with E-state index in [2.05, 4.69) is 31.9 Å². The maximum atomic E-state index is 13.7. The molecule has 2 fully saturated rings. The Morgan fingerprint density at radius 2 is 1.21 bits per heavy atom. The SMILES string of the molecule is CC(C)C[C@@H]1NC(=O)[C@@H](C(C)C)NC(=O)[C@H](C(C)C)NC(=O)CNC(=O)[C@@H](C)NC(=O)CNC(=O)[C@H]2CCCN2C1=O. The van der Waals surface area contributed by atoms with Crippen molar-refractivity contribution in [2.45, 2.75) is 97.9 Å². The van der Waals surface area contributed by atoms with Crippen LogP contribution in [0.5, 0.6) is 0 Å². The van der Waals surface area contributed by atoms with Crippen molar-refractivity contribution in [3.8, 4) is 0 Å². The predicted octanol–water partition coefficient (Wildman–Crippen LogP) is -1.46. The van der Waals surface area contributed by atoms with Crippen molar-refractivity contribution >= 4 is 41.4 Å². The summed E-state index contributed by atoms with van der Waals surface area (Å²) in [6, 6.07) is -4.80. The molecule has 7 amide bonds. The van der Waals surface area contributed by atoms with Gasteiger partial charge in [-0.3, -0.25) is 33.6 Å². The number of carbonyl (C=O) groups is 7. The molecule has 0 bridgehead atoms. The summed E-state index contributed by atoms with van der Waals surface area (Å²) < 4.78 is 0. The molecule has 5 atom stereocenters. The molecular weight excluding hydrogens is 546 g/mol. The van der Waals surface area contributed by atoms with Crippen LogP contribution in [-0.4, -0.2) is 96.1 Å². The average Bonchev–Trinajstić information content (AvgIpc) is 3.39. The lowest BCUT2D eigenvalue weighted by atomic mass is 9.98. The molecule has 6 N–H and O–H groups in total. The molecule has 14 heteroatoms. The summed E-state index contributed by atoms with van der Waals surface area (Å²) >= 11 is 0. The lowest BCUT2D eigenvalue weighted by Gasteiger charge is -2.31. The fourth-order valence-corrected chi connectivity index (χ4v) is 4.96. The molecule has 0 radical (unpaired) electrons. The van der Waals surface area contributed by atoms with Crippen molar-refractivity contribution in [3.05, 3.63) is 0 Å². The van der Waals surface area contributed by atoms with Gasteiger partial charge in [0.05, 0.1) is 13.1 Å². The molecule has 0 aromatic heterocycles. The first-order chi connectivity index (χ1) is 19.6. The highest BCUT2D eigenvalue weighted by molar-refractivity contribution is 5.97. The Kier molecular flexibility index (Phi) is 12.7. The van der Waals surface area contributed by atoms with Crippen LogP contribution in [0.2, 0.25) is 0 Å². The number of hydrogen-bond acceptors (Lipinski definition) is 7. The van der Waals surface area contributed by atoms with E-state index >= 15 is 0 Å². The van der Waals surface area contributed by atoms with Crippen LogP contribution in [0.1, 0.15) is 67.7 Å². The monoisotopic (exact) mass is 593 g/mol. The van der Waals surface area contributed by atoms with E-state index in [1.807, 2.05) is 13.8 Å². The van der Waals surface area contributed by atoms with Crippen LogP contribution in [0.3, 0.4) is 0 Å². The molecule has 0 saturated carbocycles. The van der Waals surface area contributed by atoms with Gasteiger partial charge in [0.2, 0.25) is 41.4 Å². The zero-order chi connectivity index (χ0) is 31.7. The molecule has 0 aromatic carbocycles. The summed E-state index contributed by atoms with van der Waals surface area (Å²) in [5.41, 5.74) is 0. The second kappa shape index (κ2) is 15.5. The summed E-state index contributed by atoms with van der Waals surface area (Å²) in [4.78, 5) is 92.4. The van der Waals surface area contributed by atoms with Crippen molar-refractivity contribution in [3.63, 3.8) is 0 Å². The molecular formula is C28H47N7O7. The maximum absolute atomic E-state index is 13.7. The minimum atomic E-state index is -1.01. The molecule has 2 aliphatic rings. The quantitative estimate of drug-likeness (QED) is 0.229. The minimum Gasteiger partial charge on any atom is -0.345 e. The summed E-state index contributed by atoms with van der Waals surface area (Å²) in [5, 5.41) is 15.5. The first-order valence-electron chi connectivity index (χ1n) is 14.7. The number of hydrogen-bond donors (Lipinski definition) is 6. The third-order valence-corrected chi connectivity index (χ3v) is 7.29. The Hall–Kier alpha value is -3.71. The van der Waals surface area contributed by atoms with E-state index in [0.717, 1.165) is 0 Å². The van der Waals surface area contributed by atoms with Crippen LogP contribution >= 0.6 is 0 Å². The molecule has 0 unspecified atom stereocenters. The van der Waals surface area contributed by atoms with Gasteiger partial charge in [-0.05, 0) is 43.9 Å². The molecule has 236 valence electrons. The topological polar surface area (TPSA) is 195 Å². The standard InChI is InChI=1S/C28H47N7O7/c1-14(2)11-18-28(42)35-10-8-9-19(35)25(39)30-12-20(36)31-17(7)24(38)29-13-21(37)33-22(15(3)4)27(41)34-23(16(5)6)26(40)32-18/h14-19,22-23H,8-13H2,1-7H3,(H,29,38)(H,30,39)(H,31,36)(H,32,40)(H,33,37)(H,34,41)/t17-,18+,19-,22+,23-/m1/s1. The average molecular weight is 594 g/mol. The lowest BCUT2D eigenvalue weighted by Crippen LogP contribution is -2.60. The second-order valence-electron chi connectivity index (χ2n) is 12.1. The highest BCUT2D eigenvalue weighted by Gasteiger charge is 2.39. The Balaban J connectivity index is 2.41. The van der Waals surface area contributed by atoms with Crippen LogP contribution in [0.4, 0.5) is 0 Å². The molecule has 2 heterocycles. The van der Waals surface area contributed by atoms with Gasteiger partial charge in [-0.15, -0.1) is 0 Å². The van der Waals surface area contributed by atoms with Gasteiger partial charge >= 0.3 is 0 Å². The number of nitrogens with one attached hydrogen (secondary N) is 6. The maximum Gasteiger partial charge on any atom is 0.245 e. The molecule has 14 nitrogen and oxygen atoms in total. The highest BCUT2D eigenvalue weighted by Crippen LogP contribution is 2.21. The number of amides is 7. The predicted molar refractivity (Wildman–Crippen MR) is 153 cm³/mol. The van der Waals surface area contributed by atoms with Crippen LogP contribution < -0.4 is 31.9 Å². The summed E-state index contributed by atoms with van der Waals surface area (Å²) in [6.07, 6.45) is 1.27. The van der Waals surface area contributed by atoms with Crippen molar-refractivity contribution in [1.29, 1.82) is 0 Å². The highest BCUT2D eigenvalue weighted by atomic mass is 16.2. The molecule has 2 saturated heterocycles. The minimum absolute atomic E-state index is 0.0261. The van der Waals surface area contributed by atoms with E-state index in [0.29, 0.717) is 25.8 Å². The van der Waals surface area contributed by atoms with Crippen LogP contribution in [0.15, 0.2) is 0 Å². The van der Waals surface area contributed by atoms with Crippen molar-refractivity contribution in [2.24, 2.45) is 17.8 Å².